The first-order valence-electron chi connectivity index (χ1n) is 11.6. The lowest BCUT2D eigenvalue weighted by Crippen LogP contribution is -2.69. The highest BCUT2D eigenvalue weighted by Crippen LogP contribution is 2.46. The third kappa shape index (κ3) is 7.68. The fraction of sp³-hybridized carbons (Fsp3) is 0.280. The van der Waals surface area contributed by atoms with Crippen molar-refractivity contribution < 1.29 is 28.6 Å². The van der Waals surface area contributed by atoms with Gasteiger partial charge in [0.2, 0.25) is 3.79 Å². The van der Waals surface area contributed by atoms with Crippen LogP contribution in [-0.2, 0) is 23.9 Å². The molecule has 9 nitrogen and oxygen atoms in total. The van der Waals surface area contributed by atoms with Gasteiger partial charge in [0.1, 0.15) is 29.5 Å². The molecule has 212 valence electrons. The van der Waals surface area contributed by atoms with Crippen LogP contribution in [0.25, 0.3) is 10.2 Å². The molecule has 0 radical (unpaired) electrons. The minimum atomic E-state index is -1.85. The third-order valence-electron chi connectivity index (χ3n) is 5.41. The Hall–Kier alpha value is -2.35. The van der Waals surface area contributed by atoms with Crippen molar-refractivity contribution in [3.8, 4) is 5.75 Å². The summed E-state index contributed by atoms with van der Waals surface area (Å²) in [6.07, 6.45) is 0. The van der Waals surface area contributed by atoms with Gasteiger partial charge in [-0.3, -0.25) is 14.5 Å². The number of alkyl halides is 3. The van der Waals surface area contributed by atoms with Gasteiger partial charge in [-0.2, -0.15) is 0 Å². The molecule has 2 atom stereocenters. The molecule has 1 saturated heterocycles. The van der Waals surface area contributed by atoms with Gasteiger partial charge in [0.05, 0.1) is 17.3 Å². The van der Waals surface area contributed by atoms with E-state index in [2.05, 4.69) is 10.3 Å². The maximum Gasteiger partial charge on any atom is 0.358 e. The standard InChI is InChI=1S/C25H22Cl3N3O6S3/c1-14(35-2)20(23(34)37-13-25(26,27)28)31-21(33)19(30-18(32)12-36-15-8-4-3-5-9-15)22(31)39-40-24-29-16-10-6-7-11-17(16)38-24/h3-11,19,22H,12-13H2,1-2H3,(H,30,32)/b20-14-. The molecular formula is C25H22Cl3N3O6S3. The molecule has 2 aromatic carbocycles. The molecule has 1 N–H and O–H groups in total. The van der Waals surface area contributed by atoms with Crippen LogP contribution in [0.3, 0.4) is 0 Å². The van der Waals surface area contributed by atoms with Gasteiger partial charge >= 0.3 is 5.97 Å². The fourth-order valence-electron chi connectivity index (χ4n) is 3.52. The van der Waals surface area contributed by atoms with Crippen molar-refractivity contribution in [2.75, 3.05) is 20.3 Å². The summed E-state index contributed by atoms with van der Waals surface area (Å²) >= 11 is 18.7. The lowest BCUT2D eigenvalue weighted by Gasteiger charge is -2.46. The normalized spacial score (nSPS) is 17.6. The molecule has 1 fully saturated rings. The largest absolute Gasteiger partial charge is 0.499 e. The predicted molar refractivity (Wildman–Crippen MR) is 159 cm³/mol. The smallest absolute Gasteiger partial charge is 0.358 e. The Bertz CT molecular complexity index is 1380. The van der Waals surface area contributed by atoms with Gasteiger partial charge in [0.25, 0.3) is 11.8 Å². The van der Waals surface area contributed by atoms with Crippen LogP contribution in [0, 0.1) is 0 Å². The number of carbonyl (C=O) groups is 3. The number of methoxy groups -OCH3 is 1. The van der Waals surface area contributed by atoms with Gasteiger partial charge < -0.3 is 19.5 Å². The van der Waals surface area contributed by atoms with Gasteiger partial charge in [-0.15, -0.1) is 11.3 Å². The lowest BCUT2D eigenvalue weighted by molar-refractivity contribution is -0.153. The van der Waals surface area contributed by atoms with Crippen LogP contribution in [0.5, 0.6) is 5.75 Å². The summed E-state index contributed by atoms with van der Waals surface area (Å²) in [5.41, 5.74) is 0.668. The second-order valence-electron chi connectivity index (χ2n) is 8.17. The average molecular weight is 663 g/mol. The Labute approximate surface area is 256 Å². The van der Waals surface area contributed by atoms with Crippen molar-refractivity contribution in [1.82, 2.24) is 15.2 Å². The second-order valence-corrected chi connectivity index (χ2v) is 14.3. The van der Waals surface area contributed by atoms with E-state index in [0.29, 0.717) is 5.75 Å². The number of benzene rings is 2. The Kier molecular flexibility index (Phi) is 10.4. The first-order chi connectivity index (χ1) is 19.1. The van der Waals surface area contributed by atoms with Gasteiger partial charge in [0, 0.05) is 0 Å². The van der Waals surface area contributed by atoms with Crippen molar-refractivity contribution in [1.29, 1.82) is 0 Å². The van der Waals surface area contributed by atoms with Crippen LogP contribution in [0.2, 0.25) is 0 Å². The van der Waals surface area contributed by atoms with Gasteiger partial charge in [0.15, 0.2) is 16.6 Å². The number of esters is 1. The molecule has 0 saturated carbocycles. The van der Waals surface area contributed by atoms with Crippen LogP contribution in [-0.4, -0.2) is 63.2 Å². The van der Waals surface area contributed by atoms with Gasteiger partial charge in [-0.1, -0.05) is 75.9 Å². The molecular weight excluding hydrogens is 641 g/mol. The highest BCUT2D eigenvalue weighted by Gasteiger charge is 2.53. The number of amides is 2. The van der Waals surface area contributed by atoms with Crippen LogP contribution in [0.15, 0.2) is 70.4 Å². The van der Waals surface area contributed by atoms with E-state index < -0.39 is 39.6 Å². The molecule has 0 aliphatic carbocycles. The topological polar surface area (TPSA) is 107 Å². The Morgan fingerprint density at radius 2 is 1.82 bits per heavy atom. The zero-order valence-corrected chi connectivity index (χ0v) is 25.7. The number of allylic oxidation sites excluding steroid dienone is 1. The number of rotatable bonds is 11. The molecule has 1 aromatic heterocycles. The van der Waals surface area contributed by atoms with Crippen molar-refractivity contribution in [2.45, 2.75) is 26.5 Å². The number of halogens is 3. The molecule has 2 heterocycles. The van der Waals surface area contributed by atoms with Crippen LogP contribution in [0.4, 0.5) is 0 Å². The molecule has 40 heavy (non-hydrogen) atoms. The number of carbonyl (C=O) groups excluding carboxylic acids is 3. The summed E-state index contributed by atoms with van der Waals surface area (Å²) in [4.78, 5) is 44.9. The van der Waals surface area contributed by atoms with Crippen LogP contribution < -0.4 is 10.1 Å². The number of ether oxygens (including phenoxy) is 3. The molecule has 1 aliphatic heterocycles. The van der Waals surface area contributed by atoms with E-state index in [4.69, 9.17) is 49.0 Å². The van der Waals surface area contributed by atoms with Gasteiger partial charge in [-0.05, 0) is 42.0 Å². The molecule has 0 spiro atoms. The number of hydrogen-bond acceptors (Lipinski definition) is 10. The maximum absolute atomic E-state index is 13.4. The van der Waals surface area contributed by atoms with Crippen molar-refractivity contribution >= 4 is 95.7 Å². The first kappa shape index (κ1) is 30.6. The summed E-state index contributed by atoms with van der Waals surface area (Å²) < 4.78 is 15.8. The number of fused-ring (bicyclic) bond motifs is 1. The van der Waals surface area contributed by atoms with E-state index in [1.165, 1.54) is 51.9 Å². The number of likely N-dealkylation sites (tertiary alicyclic amines) is 1. The number of para-hydroxylation sites is 2. The molecule has 4 rings (SSSR count). The maximum atomic E-state index is 13.4. The van der Waals surface area contributed by atoms with E-state index in [-0.39, 0.29) is 18.1 Å². The number of nitrogens with zero attached hydrogens (tertiary/aromatic N) is 2. The number of hydrogen-bond donors (Lipinski definition) is 1. The van der Waals surface area contributed by atoms with E-state index in [1.807, 2.05) is 30.3 Å². The quantitative estimate of drug-likeness (QED) is 0.0705. The molecule has 3 aromatic rings. The average Bonchev–Trinajstić information content (AvgIpc) is 3.36. The second kappa shape index (κ2) is 13.5. The van der Waals surface area contributed by atoms with Crippen molar-refractivity contribution in [3.05, 3.63) is 66.1 Å². The predicted octanol–water partition coefficient (Wildman–Crippen LogP) is 5.56. The highest BCUT2D eigenvalue weighted by atomic mass is 35.6. The van der Waals surface area contributed by atoms with Crippen LogP contribution in [0.1, 0.15) is 6.92 Å². The van der Waals surface area contributed by atoms with Crippen molar-refractivity contribution in [2.24, 2.45) is 0 Å². The summed E-state index contributed by atoms with van der Waals surface area (Å²) in [5, 5.41) is 1.97. The molecule has 2 amide bonds. The monoisotopic (exact) mass is 661 g/mol. The number of aromatic nitrogens is 1. The Morgan fingerprint density at radius 1 is 1.12 bits per heavy atom. The number of thiazole rings is 1. The molecule has 15 heteroatoms. The molecule has 0 bridgehead atoms. The summed E-state index contributed by atoms with van der Waals surface area (Å²) in [6.45, 7) is 0.650. The van der Waals surface area contributed by atoms with E-state index in [1.54, 1.807) is 24.3 Å². The fourth-order valence-corrected chi connectivity index (χ4v) is 7.59. The summed E-state index contributed by atoms with van der Waals surface area (Å²) in [6, 6.07) is 15.5. The first-order valence-corrected chi connectivity index (χ1v) is 15.7. The summed E-state index contributed by atoms with van der Waals surface area (Å²) in [7, 11) is 3.90. The Morgan fingerprint density at radius 3 is 2.50 bits per heavy atom. The minimum Gasteiger partial charge on any atom is -0.499 e. The third-order valence-corrected chi connectivity index (χ3v) is 9.74. The number of nitrogens with one attached hydrogen (secondary N) is 1. The van der Waals surface area contributed by atoms with Gasteiger partial charge in [-0.25, -0.2) is 9.78 Å². The minimum absolute atomic E-state index is 0.107. The molecule has 2 unspecified atom stereocenters. The lowest BCUT2D eigenvalue weighted by atomic mass is 10.1. The number of β-lactam (4-membered cyclic amide) rings is 1. The van der Waals surface area contributed by atoms with Crippen molar-refractivity contribution in [3.63, 3.8) is 0 Å². The Balaban J connectivity index is 1.54. The van der Waals surface area contributed by atoms with E-state index in [9.17, 15) is 14.4 Å². The SMILES string of the molecule is CO/C(C)=C(/C(=O)OCC(Cl)(Cl)Cl)N1C(=O)C(NC(=O)COc2ccccc2)C1SSc1nc2ccccc2s1. The zero-order valence-electron chi connectivity index (χ0n) is 21.0. The zero-order chi connectivity index (χ0) is 28.9. The van der Waals surface area contributed by atoms with E-state index in [0.717, 1.165) is 14.6 Å². The molecule has 1 aliphatic rings. The van der Waals surface area contributed by atoms with Crippen LogP contribution >= 0.6 is 67.7 Å². The highest BCUT2D eigenvalue weighted by molar-refractivity contribution is 8.77. The van der Waals surface area contributed by atoms with E-state index >= 15 is 0 Å². The summed E-state index contributed by atoms with van der Waals surface area (Å²) in [5.74, 6) is -1.37.